The van der Waals surface area contributed by atoms with Gasteiger partial charge in [0.1, 0.15) is 5.75 Å². The third-order valence-electron chi connectivity index (χ3n) is 3.55. The molecule has 0 aromatic heterocycles. The minimum absolute atomic E-state index is 0.196. The maximum Gasteiger partial charge on any atom is 0.122 e. The fourth-order valence-corrected chi connectivity index (χ4v) is 2.68. The lowest BCUT2D eigenvalue weighted by Gasteiger charge is -2.14. The summed E-state index contributed by atoms with van der Waals surface area (Å²) in [4.78, 5) is 0.196. The van der Waals surface area contributed by atoms with Crippen molar-refractivity contribution in [2.24, 2.45) is 0 Å². The number of benzene rings is 2. The van der Waals surface area contributed by atoms with Gasteiger partial charge in [0.25, 0.3) is 0 Å². The van der Waals surface area contributed by atoms with E-state index >= 15 is 0 Å². The average molecular weight is 319 g/mol. The Morgan fingerprint density at radius 1 is 0.842 bits per heavy atom. The van der Waals surface area contributed by atoms with E-state index in [4.69, 9.17) is 4.74 Å². The van der Waals surface area contributed by atoms with Crippen molar-refractivity contribution in [3.63, 3.8) is 0 Å². The van der Waals surface area contributed by atoms with Crippen molar-refractivity contribution in [1.29, 1.82) is 0 Å². The molecule has 2 rings (SSSR count). The smallest absolute Gasteiger partial charge is 0.122 e. The second kappa shape index (κ2) is 5.79. The quantitative estimate of drug-likeness (QED) is 0.715. The lowest BCUT2D eigenvalue weighted by molar-refractivity contribution is 0.411. The molecule has 100 valence electrons. The Morgan fingerprint density at radius 3 is 2.00 bits per heavy atom. The number of hydrogen-bond donors (Lipinski definition) is 0. The van der Waals surface area contributed by atoms with Crippen LogP contribution in [0.15, 0.2) is 36.4 Å². The highest BCUT2D eigenvalue weighted by molar-refractivity contribution is 9.09. The summed E-state index contributed by atoms with van der Waals surface area (Å²) in [5.74, 6) is 0.936. The van der Waals surface area contributed by atoms with E-state index in [9.17, 15) is 0 Å². The Bertz CT molecular complexity index is 590. The molecule has 0 amide bonds. The standard InChI is InChI=1S/C17H19BrO/c1-11-5-7-14(9-13(11)3)17(18)15-8-6-12(2)16(10-15)19-4/h5-10,17H,1-4H3. The van der Waals surface area contributed by atoms with Crippen LogP contribution in [0.25, 0.3) is 0 Å². The number of halogens is 1. The Morgan fingerprint density at radius 2 is 1.42 bits per heavy atom. The lowest BCUT2D eigenvalue weighted by Crippen LogP contribution is -1.96. The van der Waals surface area contributed by atoms with Crippen LogP contribution in [0, 0.1) is 20.8 Å². The van der Waals surface area contributed by atoms with E-state index in [2.05, 4.69) is 73.1 Å². The van der Waals surface area contributed by atoms with E-state index in [-0.39, 0.29) is 4.83 Å². The van der Waals surface area contributed by atoms with Crippen LogP contribution in [0.3, 0.4) is 0 Å². The third-order valence-corrected chi connectivity index (χ3v) is 4.61. The van der Waals surface area contributed by atoms with E-state index in [0.717, 1.165) is 11.3 Å². The van der Waals surface area contributed by atoms with Crippen molar-refractivity contribution in [1.82, 2.24) is 0 Å². The zero-order chi connectivity index (χ0) is 14.0. The number of alkyl halides is 1. The second-order valence-corrected chi connectivity index (χ2v) is 5.85. The van der Waals surface area contributed by atoms with Crippen molar-refractivity contribution in [3.05, 3.63) is 64.2 Å². The van der Waals surface area contributed by atoms with Crippen LogP contribution >= 0.6 is 15.9 Å². The normalized spacial score (nSPS) is 12.3. The minimum atomic E-state index is 0.196. The van der Waals surface area contributed by atoms with Gasteiger partial charge in [0.15, 0.2) is 0 Å². The molecule has 0 spiro atoms. The molecule has 1 nitrogen and oxygen atoms in total. The number of aryl methyl sites for hydroxylation is 3. The molecule has 0 fully saturated rings. The first-order valence-corrected chi connectivity index (χ1v) is 7.30. The molecule has 0 aliphatic carbocycles. The van der Waals surface area contributed by atoms with Crippen LogP contribution < -0.4 is 4.74 Å². The Hall–Kier alpha value is -1.28. The summed E-state index contributed by atoms with van der Waals surface area (Å²) in [5.41, 5.74) is 6.29. The molecular formula is C17H19BrO. The summed E-state index contributed by atoms with van der Waals surface area (Å²) in [6.07, 6.45) is 0. The van der Waals surface area contributed by atoms with Gasteiger partial charge < -0.3 is 4.74 Å². The zero-order valence-electron chi connectivity index (χ0n) is 11.8. The summed E-state index contributed by atoms with van der Waals surface area (Å²) >= 11 is 3.79. The third kappa shape index (κ3) is 3.01. The molecular weight excluding hydrogens is 300 g/mol. The largest absolute Gasteiger partial charge is 0.496 e. The first-order valence-electron chi connectivity index (χ1n) is 6.38. The maximum atomic E-state index is 5.39. The van der Waals surface area contributed by atoms with Crippen molar-refractivity contribution < 1.29 is 4.74 Å². The topological polar surface area (TPSA) is 9.23 Å². The predicted molar refractivity (Wildman–Crippen MR) is 84.4 cm³/mol. The number of rotatable bonds is 3. The SMILES string of the molecule is COc1cc(C(Br)c2ccc(C)c(C)c2)ccc1C. The van der Waals surface area contributed by atoms with E-state index in [0.29, 0.717) is 0 Å². The van der Waals surface area contributed by atoms with Crippen molar-refractivity contribution in [3.8, 4) is 5.75 Å². The molecule has 0 saturated heterocycles. The molecule has 2 heteroatoms. The van der Waals surface area contributed by atoms with Gasteiger partial charge in [-0.15, -0.1) is 0 Å². The number of ether oxygens (including phenoxy) is 1. The summed E-state index contributed by atoms with van der Waals surface area (Å²) in [7, 11) is 1.71. The fraction of sp³-hybridized carbons (Fsp3) is 0.294. The van der Waals surface area contributed by atoms with Gasteiger partial charge in [-0.3, -0.25) is 0 Å². The van der Waals surface area contributed by atoms with Gasteiger partial charge in [0, 0.05) is 0 Å². The Balaban J connectivity index is 2.37. The molecule has 2 aromatic rings. The Labute approximate surface area is 123 Å². The summed E-state index contributed by atoms with van der Waals surface area (Å²) in [6, 6.07) is 12.9. The maximum absolute atomic E-state index is 5.39. The summed E-state index contributed by atoms with van der Waals surface area (Å²) in [6.45, 7) is 6.34. The molecule has 0 aliphatic heterocycles. The highest BCUT2D eigenvalue weighted by atomic mass is 79.9. The van der Waals surface area contributed by atoms with Crippen LogP contribution in [0.1, 0.15) is 32.6 Å². The predicted octanol–water partition coefficient (Wildman–Crippen LogP) is 5.10. The lowest BCUT2D eigenvalue weighted by atomic mass is 9.99. The average Bonchev–Trinajstić information content (AvgIpc) is 2.41. The van der Waals surface area contributed by atoms with Gasteiger partial charge in [-0.2, -0.15) is 0 Å². The van der Waals surface area contributed by atoms with Gasteiger partial charge in [0.2, 0.25) is 0 Å². The molecule has 1 unspecified atom stereocenters. The van der Waals surface area contributed by atoms with Crippen molar-refractivity contribution >= 4 is 15.9 Å². The monoisotopic (exact) mass is 318 g/mol. The molecule has 0 heterocycles. The Kier molecular flexibility index (Phi) is 4.31. The van der Waals surface area contributed by atoms with Crippen LogP contribution in [0.4, 0.5) is 0 Å². The molecule has 0 aliphatic rings. The van der Waals surface area contributed by atoms with E-state index in [1.165, 1.54) is 22.3 Å². The van der Waals surface area contributed by atoms with Crippen molar-refractivity contribution in [2.45, 2.75) is 25.6 Å². The van der Waals surface area contributed by atoms with E-state index in [1.807, 2.05) is 0 Å². The molecule has 0 N–H and O–H groups in total. The zero-order valence-corrected chi connectivity index (χ0v) is 13.4. The summed E-state index contributed by atoms with van der Waals surface area (Å²) in [5, 5.41) is 0. The summed E-state index contributed by atoms with van der Waals surface area (Å²) < 4.78 is 5.39. The second-order valence-electron chi connectivity index (χ2n) is 4.94. The first-order chi connectivity index (χ1) is 9.02. The van der Waals surface area contributed by atoms with Gasteiger partial charge in [-0.05, 0) is 54.7 Å². The van der Waals surface area contributed by atoms with Gasteiger partial charge in [0.05, 0.1) is 11.9 Å². The highest BCUT2D eigenvalue weighted by Gasteiger charge is 2.12. The molecule has 0 radical (unpaired) electrons. The van der Waals surface area contributed by atoms with Gasteiger partial charge in [-0.1, -0.05) is 46.3 Å². The molecule has 2 aromatic carbocycles. The molecule has 0 saturated carbocycles. The fourth-order valence-electron chi connectivity index (χ4n) is 2.11. The van der Waals surface area contributed by atoms with Crippen molar-refractivity contribution in [2.75, 3.05) is 7.11 Å². The molecule has 19 heavy (non-hydrogen) atoms. The molecule has 0 bridgehead atoms. The van der Waals surface area contributed by atoms with Crippen LogP contribution in [-0.4, -0.2) is 7.11 Å². The van der Waals surface area contributed by atoms with Crippen LogP contribution in [-0.2, 0) is 0 Å². The number of methoxy groups -OCH3 is 1. The molecule has 1 atom stereocenters. The van der Waals surface area contributed by atoms with Crippen LogP contribution in [0.2, 0.25) is 0 Å². The minimum Gasteiger partial charge on any atom is -0.496 e. The van der Waals surface area contributed by atoms with E-state index < -0.39 is 0 Å². The van der Waals surface area contributed by atoms with Crippen LogP contribution in [0.5, 0.6) is 5.75 Å². The first kappa shape index (κ1) is 14.1. The highest BCUT2D eigenvalue weighted by Crippen LogP contribution is 2.34. The van der Waals surface area contributed by atoms with Gasteiger partial charge >= 0.3 is 0 Å². The number of hydrogen-bond acceptors (Lipinski definition) is 1. The van der Waals surface area contributed by atoms with Gasteiger partial charge in [-0.25, -0.2) is 0 Å². The van der Waals surface area contributed by atoms with E-state index in [1.54, 1.807) is 7.11 Å².